The molecule has 2 fully saturated rings. The number of aromatic amines is 1. The molecule has 2 aliphatic rings. The first-order valence-electron chi connectivity index (χ1n) is 16.5. The number of alkyl halides is 3. The van der Waals surface area contributed by atoms with Crippen molar-refractivity contribution in [2.24, 2.45) is 11.7 Å². The van der Waals surface area contributed by atoms with Crippen LogP contribution in [0, 0.1) is 23.0 Å². The molecule has 0 radical (unpaired) electrons. The fraction of sp³-hybridized carbons (Fsp3) is 0.457. The maximum absolute atomic E-state index is 15.5. The Balaban J connectivity index is 1.25. The zero-order valence-electron chi connectivity index (χ0n) is 26.7. The van der Waals surface area contributed by atoms with E-state index in [-0.39, 0.29) is 40.7 Å². The van der Waals surface area contributed by atoms with Crippen LogP contribution in [0.3, 0.4) is 0 Å². The van der Waals surface area contributed by atoms with Crippen molar-refractivity contribution in [2.45, 2.75) is 89.0 Å². The fourth-order valence-electron chi connectivity index (χ4n) is 6.73. The number of amidine groups is 1. The summed E-state index contributed by atoms with van der Waals surface area (Å²) in [4.78, 5) is 19.9. The molecule has 1 unspecified atom stereocenters. The molecule has 3 atom stereocenters. The van der Waals surface area contributed by atoms with E-state index in [1.165, 1.54) is 24.4 Å². The zero-order valence-corrected chi connectivity index (χ0v) is 26.7. The van der Waals surface area contributed by atoms with Crippen molar-refractivity contribution in [1.29, 1.82) is 5.41 Å². The number of aryl methyl sites for hydroxylation is 1. The summed E-state index contributed by atoms with van der Waals surface area (Å²) in [6.07, 6.45) is 3.63. The van der Waals surface area contributed by atoms with E-state index < -0.39 is 29.1 Å². The highest BCUT2D eigenvalue weighted by Gasteiger charge is 2.36. The Morgan fingerprint density at radius 1 is 1.15 bits per heavy atom. The van der Waals surface area contributed by atoms with E-state index in [1.807, 2.05) is 0 Å². The Labute approximate surface area is 274 Å². The van der Waals surface area contributed by atoms with Crippen molar-refractivity contribution in [1.82, 2.24) is 25.2 Å². The Kier molecular flexibility index (Phi) is 9.71. The third-order valence-electron chi connectivity index (χ3n) is 9.47. The summed E-state index contributed by atoms with van der Waals surface area (Å²) in [7, 11) is 0. The predicted octanol–water partition coefficient (Wildman–Crippen LogP) is 6.90. The SMILES string of the molecule is CC(=N)NCC[C@@H]1CCC[C@@H](c2ccc(-n3cc4cc(-c5cc(CCCC(N)C6CC6)cc(C(F)(F)F)c5F)[nH]c4nc3=O)cc2F)N1. The molecule has 6 N–H and O–H groups in total. The van der Waals surface area contributed by atoms with Gasteiger partial charge in [0.05, 0.1) is 22.8 Å². The fourth-order valence-corrected chi connectivity index (χ4v) is 6.73. The van der Waals surface area contributed by atoms with Crippen LogP contribution in [0.15, 0.2) is 47.4 Å². The molecule has 13 heteroatoms. The molecule has 8 nitrogen and oxygen atoms in total. The molecule has 2 aromatic heterocycles. The monoisotopic (exact) mass is 669 g/mol. The van der Waals surface area contributed by atoms with Gasteiger partial charge in [-0.3, -0.25) is 9.98 Å². The van der Waals surface area contributed by atoms with Gasteiger partial charge in [0.25, 0.3) is 0 Å². The molecule has 48 heavy (non-hydrogen) atoms. The highest BCUT2D eigenvalue weighted by Crippen LogP contribution is 2.38. The third kappa shape index (κ3) is 7.62. The van der Waals surface area contributed by atoms with Gasteiger partial charge in [-0.15, -0.1) is 0 Å². The molecule has 3 heterocycles. The van der Waals surface area contributed by atoms with Crippen LogP contribution in [0.5, 0.6) is 0 Å². The number of hydrogen-bond donors (Lipinski definition) is 5. The molecule has 4 aromatic rings. The van der Waals surface area contributed by atoms with Gasteiger partial charge in [-0.1, -0.05) is 12.5 Å². The summed E-state index contributed by atoms with van der Waals surface area (Å²) in [6, 6.07) is 8.20. The molecule has 6 rings (SSSR count). The number of halogens is 5. The van der Waals surface area contributed by atoms with E-state index in [2.05, 4.69) is 20.6 Å². The number of aromatic nitrogens is 3. The van der Waals surface area contributed by atoms with Crippen LogP contribution in [0.4, 0.5) is 22.0 Å². The lowest BCUT2D eigenvalue weighted by molar-refractivity contribution is -0.140. The minimum Gasteiger partial charge on any atom is -0.374 e. The molecule has 0 spiro atoms. The van der Waals surface area contributed by atoms with E-state index in [0.29, 0.717) is 54.1 Å². The summed E-state index contributed by atoms with van der Waals surface area (Å²) in [5, 5.41) is 14.4. The number of piperidine rings is 1. The molecule has 2 aromatic carbocycles. The van der Waals surface area contributed by atoms with Crippen molar-refractivity contribution in [2.75, 3.05) is 6.54 Å². The highest BCUT2D eigenvalue weighted by atomic mass is 19.4. The quantitative estimate of drug-likeness (QED) is 0.0676. The van der Waals surface area contributed by atoms with Crippen LogP contribution < -0.4 is 22.1 Å². The molecule has 1 aliphatic heterocycles. The van der Waals surface area contributed by atoms with Crippen LogP contribution in [0.25, 0.3) is 28.0 Å². The van der Waals surface area contributed by atoms with Crippen molar-refractivity contribution in [3.05, 3.63) is 81.4 Å². The molecule has 1 aliphatic carbocycles. The predicted molar refractivity (Wildman–Crippen MR) is 175 cm³/mol. The number of rotatable bonds is 11. The summed E-state index contributed by atoms with van der Waals surface area (Å²) in [5.74, 6) is -1.03. The number of nitrogens with zero attached hydrogens (tertiary/aromatic N) is 2. The van der Waals surface area contributed by atoms with Crippen molar-refractivity contribution in [3.63, 3.8) is 0 Å². The first-order valence-corrected chi connectivity index (χ1v) is 16.5. The maximum Gasteiger partial charge on any atom is 0.419 e. The number of H-pyrrole nitrogens is 1. The van der Waals surface area contributed by atoms with Crippen LogP contribution in [-0.4, -0.2) is 39.0 Å². The van der Waals surface area contributed by atoms with Crippen LogP contribution in [-0.2, 0) is 12.6 Å². The summed E-state index contributed by atoms with van der Waals surface area (Å²) < 4.78 is 73.7. The topological polar surface area (TPSA) is 125 Å². The molecule has 256 valence electrons. The van der Waals surface area contributed by atoms with Gasteiger partial charge in [0.15, 0.2) is 0 Å². The minimum absolute atomic E-state index is 0.0107. The number of benzene rings is 2. The van der Waals surface area contributed by atoms with Crippen molar-refractivity contribution in [3.8, 4) is 16.9 Å². The molecular formula is C35H40F5N7O. The minimum atomic E-state index is -4.91. The van der Waals surface area contributed by atoms with Gasteiger partial charge in [-0.25, -0.2) is 13.6 Å². The Hall–Kier alpha value is -4.10. The number of fused-ring (bicyclic) bond motifs is 1. The lowest BCUT2D eigenvalue weighted by atomic mass is 9.91. The largest absolute Gasteiger partial charge is 0.419 e. The Morgan fingerprint density at radius 2 is 1.94 bits per heavy atom. The number of nitrogens with two attached hydrogens (primary N) is 1. The summed E-state index contributed by atoms with van der Waals surface area (Å²) >= 11 is 0. The van der Waals surface area contributed by atoms with Gasteiger partial charge in [0.1, 0.15) is 17.3 Å². The normalized spacial score (nSPS) is 19.1. The average molecular weight is 670 g/mol. The van der Waals surface area contributed by atoms with Crippen molar-refractivity contribution < 1.29 is 22.0 Å². The van der Waals surface area contributed by atoms with Gasteiger partial charge < -0.3 is 21.4 Å². The Bertz CT molecular complexity index is 1860. The second kappa shape index (κ2) is 13.8. The number of nitrogens with one attached hydrogen (secondary N) is 4. The first kappa shape index (κ1) is 33.8. The summed E-state index contributed by atoms with van der Waals surface area (Å²) in [6.45, 7) is 2.33. The molecule has 0 bridgehead atoms. The maximum atomic E-state index is 15.5. The molecule has 1 saturated carbocycles. The highest BCUT2D eigenvalue weighted by molar-refractivity contribution is 5.83. The second-order valence-electron chi connectivity index (χ2n) is 13.2. The van der Waals surface area contributed by atoms with Crippen LogP contribution in [0.2, 0.25) is 0 Å². The molecular weight excluding hydrogens is 629 g/mol. The van der Waals surface area contributed by atoms with E-state index in [1.54, 1.807) is 19.1 Å². The molecule has 0 amide bonds. The van der Waals surface area contributed by atoms with Gasteiger partial charge >= 0.3 is 11.9 Å². The van der Waals surface area contributed by atoms with E-state index in [9.17, 15) is 18.0 Å². The van der Waals surface area contributed by atoms with Gasteiger partial charge in [0, 0.05) is 47.4 Å². The zero-order chi connectivity index (χ0) is 34.2. The Morgan fingerprint density at radius 3 is 2.65 bits per heavy atom. The van der Waals surface area contributed by atoms with E-state index in [0.717, 1.165) is 49.2 Å². The van der Waals surface area contributed by atoms with Gasteiger partial charge in [-0.2, -0.15) is 18.2 Å². The average Bonchev–Trinajstić information content (AvgIpc) is 3.80. The van der Waals surface area contributed by atoms with Crippen LogP contribution in [0.1, 0.15) is 81.0 Å². The lowest BCUT2D eigenvalue weighted by Crippen LogP contribution is -2.39. The summed E-state index contributed by atoms with van der Waals surface area (Å²) in [5.41, 5.74) is 4.95. The third-order valence-corrected chi connectivity index (χ3v) is 9.47. The smallest absolute Gasteiger partial charge is 0.374 e. The lowest BCUT2D eigenvalue weighted by Gasteiger charge is -2.32. The van der Waals surface area contributed by atoms with E-state index in [4.69, 9.17) is 11.1 Å². The van der Waals surface area contributed by atoms with Crippen LogP contribution >= 0.6 is 0 Å². The second-order valence-corrected chi connectivity index (χ2v) is 13.2. The van der Waals surface area contributed by atoms with Gasteiger partial charge in [0.2, 0.25) is 0 Å². The molecule has 1 saturated heterocycles. The standard InChI is InChI=1S/C35H40F5N7O/c1-19(41)43-13-12-23-5-3-7-30(44-23)25-11-10-24(17-28(25)36)47-18-22-16-31(45-33(22)46-34(47)48)26-14-20(4-2-6-29(42)21-8-9-21)15-27(32(26)37)35(38,39)40/h10-11,14-18,21,23,29-30,44H,2-9,12-13,42H2,1H3,(H2,41,43)(H,45,46,48)/t23-,29?,30-/m0/s1. The van der Waals surface area contributed by atoms with Crippen molar-refractivity contribution >= 4 is 16.9 Å². The number of hydrogen-bond acceptors (Lipinski definition) is 5. The van der Waals surface area contributed by atoms with Gasteiger partial charge in [-0.05, 0) is 100 Å². The van der Waals surface area contributed by atoms with E-state index >= 15 is 8.78 Å². The first-order chi connectivity index (χ1) is 22.9.